The van der Waals surface area contributed by atoms with Gasteiger partial charge in [0.25, 0.3) is 0 Å². The Kier molecular flexibility index (Phi) is 7.60. The number of alkyl halides is 1. The summed E-state index contributed by atoms with van der Waals surface area (Å²) in [4.78, 5) is 31.1. The molecule has 0 amide bonds. The van der Waals surface area contributed by atoms with Crippen LogP contribution in [0.2, 0.25) is 0 Å². The summed E-state index contributed by atoms with van der Waals surface area (Å²) < 4.78 is 40.8. The summed E-state index contributed by atoms with van der Waals surface area (Å²) in [6.07, 6.45) is 7.20. The number of fused-ring (bicyclic) bond motifs is 4. The van der Waals surface area contributed by atoms with Gasteiger partial charge in [0.2, 0.25) is 0 Å². The zero-order chi connectivity index (χ0) is 31.2. The van der Waals surface area contributed by atoms with Crippen LogP contribution in [0.3, 0.4) is 0 Å². The highest BCUT2D eigenvalue weighted by Crippen LogP contribution is 2.38. The maximum atomic E-state index is 14.9. The quantitative estimate of drug-likeness (QED) is 0.299. The molecule has 3 aliphatic heterocycles. The molecule has 2 saturated heterocycles. The van der Waals surface area contributed by atoms with Gasteiger partial charge in [-0.25, -0.2) is 18.6 Å². The van der Waals surface area contributed by atoms with Gasteiger partial charge in [-0.05, 0) is 56.3 Å². The fourth-order valence-electron chi connectivity index (χ4n) is 6.92. The van der Waals surface area contributed by atoms with Crippen molar-refractivity contribution in [2.24, 2.45) is 0 Å². The molecule has 12 heteroatoms. The van der Waals surface area contributed by atoms with Crippen LogP contribution in [0.4, 0.5) is 14.6 Å². The third-order valence-electron chi connectivity index (χ3n) is 9.08. The molecule has 3 aromatic heterocycles. The van der Waals surface area contributed by atoms with Crippen LogP contribution >= 0.6 is 0 Å². The second kappa shape index (κ2) is 11.7. The van der Waals surface area contributed by atoms with Crippen LogP contribution in [0.25, 0.3) is 33.0 Å². The fraction of sp³-hybridized carbons (Fsp3) is 0.394. The summed E-state index contributed by atoms with van der Waals surface area (Å²) in [7, 11) is 1.46. The highest BCUT2D eigenvalue weighted by atomic mass is 19.1. The van der Waals surface area contributed by atoms with Crippen molar-refractivity contribution in [2.75, 3.05) is 38.2 Å². The molecule has 3 aliphatic rings. The van der Waals surface area contributed by atoms with Gasteiger partial charge in [-0.1, -0.05) is 12.1 Å². The van der Waals surface area contributed by atoms with Crippen molar-refractivity contribution in [1.29, 1.82) is 0 Å². The van der Waals surface area contributed by atoms with Crippen LogP contribution in [-0.2, 0) is 13.0 Å². The number of phenolic OH excluding ortho intramolecular Hbond substituents is 1. The van der Waals surface area contributed by atoms with Gasteiger partial charge in [0.1, 0.15) is 34.7 Å². The van der Waals surface area contributed by atoms with E-state index in [-0.39, 0.29) is 33.9 Å². The van der Waals surface area contributed by atoms with E-state index in [1.54, 1.807) is 25.3 Å². The molecule has 2 fully saturated rings. The molecule has 8 rings (SSSR count). The summed E-state index contributed by atoms with van der Waals surface area (Å²) in [6, 6.07) is 8.13. The predicted octanol–water partition coefficient (Wildman–Crippen LogP) is 5.02. The molecule has 0 aliphatic carbocycles. The number of hydrogen-bond donors (Lipinski definition) is 1. The molecule has 6 heterocycles. The average molecular weight is 617 g/mol. The molecule has 5 aromatic rings. The Labute approximate surface area is 257 Å². The van der Waals surface area contributed by atoms with Gasteiger partial charge >= 0.3 is 11.6 Å². The van der Waals surface area contributed by atoms with Crippen LogP contribution in [0.1, 0.15) is 30.7 Å². The number of aromatic hydroxyl groups is 1. The molecule has 2 unspecified atom stereocenters. The first kappa shape index (κ1) is 29.1. The lowest BCUT2D eigenvalue weighted by molar-refractivity contribution is 0.292. The number of aromatic nitrogens is 4. The number of methoxy groups -OCH3 is 1. The number of aryl methyl sites for hydroxylation is 1. The third-order valence-corrected chi connectivity index (χ3v) is 9.08. The number of rotatable bonds is 3. The van der Waals surface area contributed by atoms with E-state index < -0.39 is 17.6 Å². The number of nitrogens with zero attached hydrogens (tertiary/aromatic N) is 6. The zero-order valence-corrected chi connectivity index (χ0v) is 25.2. The second-order valence-corrected chi connectivity index (χ2v) is 11.8. The molecule has 0 spiro atoms. The number of ether oxygens (including phenoxy) is 1. The third kappa shape index (κ3) is 5.37. The summed E-state index contributed by atoms with van der Waals surface area (Å²) in [5.74, 6) is 0.936. The maximum absolute atomic E-state index is 14.9. The van der Waals surface area contributed by atoms with Crippen LogP contribution in [0.15, 0.2) is 51.9 Å². The zero-order valence-electron chi connectivity index (χ0n) is 25.2. The van der Waals surface area contributed by atoms with E-state index in [2.05, 4.69) is 24.4 Å². The first-order valence-electron chi connectivity index (χ1n) is 15.2. The van der Waals surface area contributed by atoms with E-state index in [4.69, 9.17) is 9.15 Å². The standard InChI is InChI=1S/C26H22FN5O4.C7H12FN/c1-14-22-21(24(30-26(29-22)35-2)32-8-6-19-28-7-9-31(19)10-11-32)25(34)36-23(14)17-13-16(33)12-15-4-3-5-18(27)20(15)17;8-6-4-7-2-1-3-9(7)5-6/h3-5,7,9,12-13,33H,6,8,10-11H2,1-2H3;6-7H,1-5H2. The lowest BCUT2D eigenvalue weighted by atomic mass is 9.98. The Morgan fingerprint density at radius 1 is 1.11 bits per heavy atom. The second-order valence-electron chi connectivity index (χ2n) is 11.8. The molecular formula is C33H34F2N6O4. The van der Waals surface area contributed by atoms with Crippen LogP contribution < -0.4 is 15.3 Å². The topological polar surface area (TPSA) is 110 Å². The molecule has 10 nitrogen and oxygen atoms in total. The van der Waals surface area contributed by atoms with Crippen molar-refractivity contribution in [3.8, 4) is 23.1 Å². The molecule has 45 heavy (non-hydrogen) atoms. The minimum atomic E-state index is -0.655. The first-order chi connectivity index (χ1) is 21.8. The maximum Gasteiger partial charge on any atom is 0.349 e. The summed E-state index contributed by atoms with van der Waals surface area (Å²) in [5, 5.41) is 11.3. The van der Waals surface area contributed by atoms with Gasteiger partial charge in [-0.15, -0.1) is 0 Å². The van der Waals surface area contributed by atoms with Gasteiger partial charge in [-0.3, -0.25) is 4.90 Å². The number of halogens is 2. The number of benzene rings is 2. The van der Waals surface area contributed by atoms with Crippen molar-refractivity contribution >= 4 is 27.5 Å². The van der Waals surface area contributed by atoms with Gasteiger partial charge < -0.3 is 23.7 Å². The fourth-order valence-corrected chi connectivity index (χ4v) is 6.92. The molecule has 234 valence electrons. The minimum Gasteiger partial charge on any atom is -0.508 e. The van der Waals surface area contributed by atoms with E-state index in [1.807, 2.05) is 11.1 Å². The molecule has 0 bridgehead atoms. The van der Waals surface area contributed by atoms with E-state index in [0.717, 1.165) is 18.8 Å². The Hall–Kier alpha value is -4.58. The van der Waals surface area contributed by atoms with Crippen molar-refractivity contribution in [1.82, 2.24) is 24.4 Å². The molecule has 1 N–H and O–H groups in total. The van der Waals surface area contributed by atoms with Crippen LogP contribution in [-0.4, -0.2) is 75.0 Å². The van der Waals surface area contributed by atoms with Crippen LogP contribution in [0.5, 0.6) is 11.8 Å². The van der Waals surface area contributed by atoms with Gasteiger partial charge in [-0.2, -0.15) is 9.97 Å². The summed E-state index contributed by atoms with van der Waals surface area (Å²) >= 11 is 0. The smallest absolute Gasteiger partial charge is 0.349 e. The number of anilines is 1. The normalized spacial score (nSPS) is 19.7. The Bertz CT molecular complexity index is 1930. The molecule has 0 radical (unpaired) electrons. The molecule has 0 saturated carbocycles. The Morgan fingerprint density at radius 3 is 2.80 bits per heavy atom. The van der Waals surface area contributed by atoms with Crippen LogP contribution in [0, 0.1) is 12.7 Å². The monoisotopic (exact) mass is 616 g/mol. The van der Waals surface area contributed by atoms with E-state index in [1.165, 1.54) is 38.2 Å². The lowest BCUT2D eigenvalue weighted by Crippen LogP contribution is -2.29. The van der Waals surface area contributed by atoms with E-state index in [9.17, 15) is 18.7 Å². The summed E-state index contributed by atoms with van der Waals surface area (Å²) in [6.45, 7) is 5.47. The number of hydrogen-bond acceptors (Lipinski definition) is 9. The molecule has 2 atom stereocenters. The first-order valence-corrected chi connectivity index (χ1v) is 15.2. The van der Waals surface area contributed by atoms with Gasteiger partial charge in [0.05, 0.1) is 12.6 Å². The van der Waals surface area contributed by atoms with Crippen molar-refractivity contribution in [2.45, 2.75) is 51.4 Å². The van der Waals surface area contributed by atoms with Crippen molar-refractivity contribution < 1.29 is 23.0 Å². The Morgan fingerprint density at radius 2 is 1.98 bits per heavy atom. The molecular weight excluding hydrogens is 582 g/mol. The molecule has 2 aromatic carbocycles. The van der Waals surface area contributed by atoms with Crippen molar-refractivity contribution in [3.05, 3.63) is 70.4 Å². The minimum absolute atomic E-state index is 0.0757. The lowest BCUT2D eigenvalue weighted by Gasteiger charge is -2.23. The van der Waals surface area contributed by atoms with Crippen molar-refractivity contribution in [3.63, 3.8) is 0 Å². The number of imidazole rings is 1. The van der Waals surface area contributed by atoms with Gasteiger partial charge in [0.15, 0.2) is 5.82 Å². The predicted molar refractivity (Wildman–Crippen MR) is 166 cm³/mol. The highest BCUT2D eigenvalue weighted by molar-refractivity contribution is 6.00. The largest absolute Gasteiger partial charge is 0.508 e. The Balaban J connectivity index is 0.000000308. The highest BCUT2D eigenvalue weighted by Gasteiger charge is 2.34. The van der Waals surface area contributed by atoms with Gasteiger partial charge in [0, 0.05) is 67.5 Å². The number of phenols is 1. The SMILES string of the molecule is COc1nc(N2CCc3nccn3CC2)c2c(=O)oc(-c3cc(O)cc4cccc(F)c34)c(C)c2n1.FC1CC2CCCN2C1. The average Bonchev–Trinajstić information content (AvgIpc) is 3.72. The summed E-state index contributed by atoms with van der Waals surface area (Å²) in [5.41, 5.74) is 0.458. The van der Waals surface area contributed by atoms with E-state index >= 15 is 0 Å². The van der Waals surface area contributed by atoms with E-state index in [0.29, 0.717) is 60.9 Å².